The molecule has 254 valence electrons. The summed E-state index contributed by atoms with van der Waals surface area (Å²) in [6.07, 6.45) is 0. The molecule has 8 aromatic carbocycles. The van der Waals surface area contributed by atoms with Crippen LogP contribution in [0, 0.1) is 0 Å². The minimum atomic E-state index is 0.621. The lowest BCUT2D eigenvalue weighted by molar-refractivity contribution is 1.07. The average molecular weight is 690 g/mol. The lowest BCUT2D eigenvalue weighted by atomic mass is 9.96. The van der Waals surface area contributed by atoms with E-state index >= 15 is 0 Å². The molecule has 0 unspecified atom stereocenters. The third-order valence-electron chi connectivity index (χ3n) is 9.76. The second-order valence-corrected chi connectivity index (χ2v) is 13.3. The fourth-order valence-electron chi connectivity index (χ4n) is 6.97. The van der Waals surface area contributed by atoms with Gasteiger partial charge in [-0.05, 0) is 73.8 Å². The smallest absolute Gasteiger partial charge is 0.164 e. The molecule has 0 bridgehead atoms. The Hall–Kier alpha value is -7.23. The van der Waals surface area contributed by atoms with E-state index in [9.17, 15) is 0 Å². The fraction of sp³-hybridized carbons (Fsp3) is 0. The lowest BCUT2D eigenvalue weighted by Crippen LogP contribution is -2.01. The van der Waals surface area contributed by atoms with E-state index in [0.29, 0.717) is 17.5 Å². The van der Waals surface area contributed by atoms with Crippen molar-refractivity contribution in [3.63, 3.8) is 0 Å². The SMILES string of the molecule is c1ccc(-c2ccc(-c3ccccc3-c3nc(-c4cccc(-c5ccccc5)c4)nc(-c4cccc(-c5cccc(-c6ccccc6)c5)c4)n3)cc2)cc1. The van der Waals surface area contributed by atoms with Crippen LogP contribution in [0.25, 0.3) is 89.8 Å². The molecular formula is C51H35N3. The van der Waals surface area contributed by atoms with Gasteiger partial charge in [0.15, 0.2) is 17.5 Å². The fourth-order valence-corrected chi connectivity index (χ4v) is 6.97. The average Bonchev–Trinajstić information content (AvgIpc) is 3.27. The number of hydrogen-bond acceptors (Lipinski definition) is 3. The van der Waals surface area contributed by atoms with Crippen LogP contribution >= 0.6 is 0 Å². The zero-order valence-electron chi connectivity index (χ0n) is 29.5. The third-order valence-corrected chi connectivity index (χ3v) is 9.76. The summed E-state index contributed by atoms with van der Waals surface area (Å²) in [7, 11) is 0. The summed E-state index contributed by atoms with van der Waals surface area (Å²) in [5, 5.41) is 0. The minimum Gasteiger partial charge on any atom is -0.208 e. The first-order chi connectivity index (χ1) is 26.7. The van der Waals surface area contributed by atoms with Gasteiger partial charge in [-0.2, -0.15) is 0 Å². The maximum Gasteiger partial charge on any atom is 0.164 e. The van der Waals surface area contributed by atoms with Gasteiger partial charge in [0.2, 0.25) is 0 Å². The van der Waals surface area contributed by atoms with E-state index in [0.717, 1.165) is 50.1 Å². The van der Waals surface area contributed by atoms with Crippen LogP contribution in [0.5, 0.6) is 0 Å². The van der Waals surface area contributed by atoms with Crippen molar-refractivity contribution in [3.05, 3.63) is 212 Å². The predicted octanol–water partition coefficient (Wildman–Crippen LogP) is 13.2. The van der Waals surface area contributed by atoms with Crippen molar-refractivity contribution in [3.8, 4) is 89.8 Å². The molecule has 54 heavy (non-hydrogen) atoms. The van der Waals surface area contributed by atoms with E-state index in [-0.39, 0.29) is 0 Å². The molecule has 9 rings (SSSR count). The number of nitrogens with zero attached hydrogens (tertiary/aromatic N) is 3. The molecule has 0 amide bonds. The van der Waals surface area contributed by atoms with Gasteiger partial charge in [-0.1, -0.05) is 194 Å². The molecule has 0 saturated carbocycles. The van der Waals surface area contributed by atoms with Crippen LogP contribution in [-0.2, 0) is 0 Å². The summed E-state index contributed by atoms with van der Waals surface area (Å²) in [5.74, 6) is 1.87. The molecule has 0 fully saturated rings. The molecule has 0 saturated heterocycles. The zero-order chi connectivity index (χ0) is 36.1. The van der Waals surface area contributed by atoms with E-state index in [1.54, 1.807) is 0 Å². The Labute approximate surface area is 316 Å². The second kappa shape index (κ2) is 14.8. The lowest BCUT2D eigenvalue weighted by Gasteiger charge is -2.13. The number of hydrogen-bond donors (Lipinski definition) is 0. The highest BCUT2D eigenvalue weighted by Crippen LogP contribution is 2.35. The van der Waals surface area contributed by atoms with Crippen molar-refractivity contribution in [1.29, 1.82) is 0 Å². The molecule has 3 nitrogen and oxygen atoms in total. The van der Waals surface area contributed by atoms with E-state index in [1.807, 2.05) is 18.2 Å². The first kappa shape index (κ1) is 32.7. The number of rotatable bonds is 8. The van der Waals surface area contributed by atoms with Gasteiger partial charge in [0.05, 0.1) is 0 Å². The molecule has 0 N–H and O–H groups in total. The molecule has 0 aliphatic rings. The summed E-state index contributed by atoms with van der Waals surface area (Å²) in [6.45, 7) is 0. The third kappa shape index (κ3) is 6.87. The van der Waals surface area contributed by atoms with Gasteiger partial charge in [-0.3, -0.25) is 0 Å². The van der Waals surface area contributed by atoms with Gasteiger partial charge >= 0.3 is 0 Å². The van der Waals surface area contributed by atoms with Crippen LogP contribution < -0.4 is 0 Å². The Morgan fingerprint density at radius 1 is 0.185 bits per heavy atom. The van der Waals surface area contributed by atoms with Crippen molar-refractivity contribution in [2.75, 3.05) is 0 Å². The molecule has 3 heteroatoms. The Morgan fingerprint density at radius 2 is 0.481 bits per heavy atom. The first-order valence-electron chi connectivity index (χ1n) is 18.2. The van der Waals surface area contributed by atoms with E-state index < -0.39 is 0 Å². The second-order valence-electron chi connectivity index (χ2n) is 13.3. The van der Waals surface area contributed by atoms with Gasteiger partial charge in [-0.15, -0.1) is 0 Å². The molecule has 0 aliphatic carbocycles. The first-order valence-corrected chi connectivity index (χ1v) is 18.2. The molecule has 0 aliphatic heterocycles. The van der Waals surface area contributed by atoms with Crippen LogP contribution in [0.4, 0.5) is 0 Å². The molecule has 0 atom stereocenters. The standard InChI is InChI=1S/C51H35N3/c1-4-15-36(16-5-1)39-29-31-40(32-30-39)47-27-10-11-28-48(47)51-53-49(45-25-13-22-42(34-45)38-19-8-3-9-20-38)52-50(54-51)46-26-14-24-44(35-46)43-23-12-21-41(33-43)37-17-6-2-7-18-37/h1-35H. The van der Waals surface area contributed by atoms with Crippen LogP contribution in [0.1, 0.15) is 0 Å². The highest BCUT2D eigenvalue weighted by Gasteiger charge is 2.17. The van der Waals surface area contributed by atoms with Crippen molar-refractivity contribution < 1.29 is 0 Å². The van der Waals surface area contributed by atoms with Crippen molar-refractivity contribution in [1.82, 2.24) is 15.0 Å². The highest BCUT2D eigenvalue weighted by molar-refractivity contribution is 5.84. The Bertz CT molecular complexity index is 2690. The minimum absolute atomic E-state index is 0.621. The van der Waals surface area contributed by atoms with Crippen LogP contribution in [0.2, 0.25) is 0 Å². The van der Waals surface area contributed by atoms with E-state index in [4.69, 9.17) is 15.0 Å². The van der Waals surface area contributed by atoms with Gasteiger partial charge in [-0.25, -0.2) is 15.0 Å². The van der Waals surface area contributed by atoms with Crippen LogP contribution in [0.15, 0.2) is 212 Å². The molecule has 0 spiro atoms. The number of benzene rings is 8. The van der Waals surface area contributed by atoms with Crippen molar-refractivity contribution in [2.45, 2.75) is 0 Å². The summed E-state index contributed by atoms with van der Waals surface area (Å²) in [6, 6.07) is 74.1. The van der Waals surface area contributed by atoms with E-state index in [2.05, 4.69) is 194 Å². The molecule has 9 aromatic rings. The van der Waals surface area contributed by atoms with Gasteiger partial charge in [0, 0.05) is 16.7 Å². The van der Waals surface area contributed by atoms with Gasteiger partial charge in [0.25, 0.3) is 0 Å². The predicted molar refractivity (Wildman–Crippen MR) is 223 cm³/mol. The normalized spacial score (nSPS) is 11.0. The monoisotopic (exact) mass is 689 g/mol. The van der Waals surface area contributed by atoms with Gasteiger partial charge < -0.3 is 0 Å². The quantitative estimate of drug-likeness (QED) is 0.159. The zero-order valence-corrected chi connectivity index (χ0v) is 29.5. The molecular weight excluding hydrogens is 655 g/mol. The maximum absolute atomic E-state index is 5.21. The molecule has 1 heterocycles. The molecule has 1 aromatic heterocycles. The summed E-state index contributed by atoms with van der Waals surface area (Å²) in [4.78, 5) is 15.6. The summed E-state index contributed by atoms with van der Waals surface area (Å²) in [5.41, 5.74) is 14.2. The molecule has 0 radical (unpaired) electrons. The van der Waals surface area contributed by atoms with Crippen LogP contribution in [0.3, 0.4) is 0 Å². The van der Waals surface area contributed by atoms with E-state index in [1.165, 1.54) is 22.3 Å². The van der Waals surface area contributed by atoms with Gasteiger partial charge in [0.1, 0.15) is 0 Å². The topological polar surface area (TPSA) is 38.7 Å². The van der Waals surface area contributed by atoms with Crippen molar-refractivity contribution in [2.24, 2.45) is 0 Å². The Morgan fingerprint density at radius 3 is 0.963 bits per heavy atom. The van der Waals surface area contributed by atoms with Crippen LogP contribution in [-0.4, -0.2) is 15.0 Å². The van der Waals surface area contributed by atoms with Crippen molar-refractivity contribution >= 4 is 0 Å². The Kier molecular flexibility index (Phi) is 8.94. The summed E-state index contributed by atoms with van der Waals surface area (Å²) < 4.78 is 0. The highest BCUT2D eigenvalue weighted by atomic mass is 15.0. The Balaban J connectivity index is 1.17. The maximum atomic E-state index is 5.21. The number of aromatic nitrogens is 3. The summed E-state index contributed by atoms with van der Waals surface area (Å²) >= 11 is 0. The largest absolute Gasteiger partial charge is 0.208 e.